The summed E-state index contributed by atoms with van der Waals surface area (Å²) >= 11 is 5.35. The smallest absolute Gasteiger partial charge is 0.259 e. The molecule has 0 fully saturated rings. The third-order valence-electron chi connectivity index (χ3n) is 3.98. The van der Waals surface area contributed by atoms with Crippen molar-refractivity contribution in [2.75, 3.05) is 13.2 Å². The van der Waals surface area contributed by atoms with E-state index in [1.807, 2.05) is 66.7 Å². The van der Waals surface area contributed by atoms with Crippen LogP contribution in [0, 0.1) is 4.77 Å². The van der Waals surface area contributed by atoms with E-state index in [0.717, 1.165) is 11.1 Å². The molecule has 2 aromatic carbocycles. The van der Waals surface area contributed by atoms with Crippen LogP contribution in [0.25, 0.3) is 23.4 Å². The molecular weight excluding hydrogens is 360 g/mol. The fraction of sp³-hybridized carbons (Fsp3) is 0.143. The Kier molecular flexibility index (Phi) is 6.49. The van der Waals surface area contributed by atoms with E-state index in [9.17, 15) is 4.79 Å². The van der Waals surface area contributed by atoms with Crippen LogP contribution < -0.4 is 5.56 Å². The fourth-order valence-corrected chi connectivity index (χ4v) is 2.97. The summed E-state index contributed by atoms with van der Waals surface area (Å²) in [6, 6.07) is 19.3. The van der Waals surface area contributed by atoms with Gasteiger partial charge in [0.1, 0.15) is 6.73 Å². The minimum Gasteiger partial charge on any atom is -0.394 e. The summed E-state index contributed by atoms with van der Waals surface area (Å²) < 4.78 is 7.47. The maximum atomic E-state index is 12.7. The van der Waals surface area contributed by atoms with Crippen molar-refractivity contribution in [2.24, 2.45) is 0 Å². The SMILES string of the molecule is O=c1[nH]c(=S)n(COCCO)c(-c2ccccc2)c1C=Cc1ccccc1. The Bertz CT molecular complexity index is 1020. The van der Waals surface area contributed by atoms with E-state index >= 15 is 0 Å². The molecule has 0 atom stereocenters. The predicted octanol–water partition coefficient (Wildman–Crippen LogP) is 3.71. The molecule has 6 heteroatoms. The van der Waals surface area contributed by atoms with Gasteiger partial charge in [-0.2, -0.15) is 0 Å². The largest absolute Gasteiger partial charge is 0.394 e. The molecule has 0 saturated heterocycles. The average molecular weight is 380 g/mol. The van der Waals surface area contributed by atoms with Crippen molar-refractivity contribution in [1.29, 1.82) is 0 Å². The molecule has 0 bridgehead atoms. The quantitative estimate of drug-likeness (QED) is 0.484. The normalized spacial score (nSPS) is 11.1. The highest BCUT2D eigenvalue weighted by atomic mass is 32.1. The van der Waals surface area contributed by atoms with E-state index in [2.05, 4.69) is 4.98 Å². The number of hydrogen-bond acceptors (Lipinski definition) is 4. The molecule has 3 aromatic rings. The molecule has 27 heavy (non-hydrogen) atoms. The minimum atomic E-state index is -0.260. The van der Waals surface area contributed by atoms with Crippen LogP contribution in [0.5, 0.6) is 0 Å². The number of hydrogen-bond donors (Lipinski definition) is 2. The predicted molar refractivity (Wildman–Crippen MR) is 110 cm³/mol. The summed E-state index contributed by atoms with van der Waals surface area (Å²) in [6.45, 7) is 0.231. The fourth-order valence-electron chi connectivity index (χ4n) is 2.74. The zero-order chi connectivity index (χ0) is 19.1. The van der Waals surface area contributed by atoms with Crippen LogP contribution in [0.3, 0.4) is 0 Å². The van der Waals surface area contributed by atoms with Gasteiger partial charge in [-0.15, -0.1) is 0 Å². The Balaban J connectivity index is 2.16. The lowest BCUT2D eigenvalue weighted by Crippen LogP contribution is -2.20. The summed E-state index contributed by atoms with van der Waals surface area (Å²) in [5.41, 5.74) is 2.75. The molecule has 5 nitrogen and oxygen atoms in total. The zero-order valence-corrected chi connectivity index (χ0v) is 15.5. The van der Waals surface area contributed by atoms with Gasteiger partial charge in [0.2, 0.25) is 0 Å². The van der Waals surface area contributed by atoms with Crippen LogP contribution in [-0.2, 0) is 11.5 Å². The molecule has 0 saturated carbocycles. The van der Waals surface area contributed by atoms with E-state index in [1.54, 1.807) is 10.6 Å². The van der Waals surface area contributed by atoms with Crippen LogP contribution in [0.4, 0.5) is 0 Å². The molecule has 0 aliphatic heterocycles. The van der Waals surface area contributed by atoms with Gasteiger partial charge in [0.05, 0.1) is 24.5 Å². The number of nitrogens with one attached hydrogen (secondary N) is 1. The van der Waals surface area contributed by atoms with E-state index in [-0.39, 0.29) is 30.3 Å². The number of aromatic amines is 1. The second-order valence-electron chi connectivity index (χ2n) is 5.82. The van der Waals surface area contributed by atoms with Crippen LogP contribution in [0.15, 0.2) is 65.5 Å². The maximum absolute atomic E-state index is 12.7. The highest BCUT2D eigenvalue weighted by Gasteiger charge is 2.13. The van der Waals surface area contributed by atoms with E-state index < -0.39 is 0 Å². The standard InChI is InChI=1S/C21H20N2O3S/c24-13-14-26-15-23-19(17-9-5-2-6-10-17)18(20(25)22-21(23)27)12-11-16-7-3-1-4-8-16/h1-12,24H,13-15H2,(H,22,25,27). The first kappa shape index (κ1) is 19.0. The van der Waals surface area contributed by atoms with Crippen molar-refractivity contribution < 1.29 is 9.84 Å². The molecule has 1 heterocycles. The third-order valence-corrected chi connectivity index (χ3v) is 4.30. The summed E-state index contributed by atoms with van der Waals surface area (Å²) in [6.07, 6.45) is 3.67. The monoisotopic (exact) mass is 380 g/mol. The first-order chi connectivity index (χ1) is 13.2. The van der Waals surface area contributed by atoms with E-state index in [4.69, 9.17) is 22.1 Å². The summed E-state index contributed by atoms with van der Waals surface area (Å²) in [5, 5.41) is 8.98. The molecule has 0 aliphatic rings. The van der Waals surface area contributed by atoms with Gasteiger partial charge in [0.15, 0.2) is 4.77 Å². The minimum absolute atomic E-state index is 0.0852. The molecule has 0 radical (unpaired) electrons. The van der Waals surface area contributed by atoms with Crippen molar-refractivity contribution >= 4 is 24.4 Å². The topological polar surface area (TPSA) is 67.2 Å². The van der Waals surface area contributed by atoms with Crippen molar-refractivity contribution in [2.45, 2.75) is 6.73 Å². The maximum Gasteiger partial charge on any atom is 0.259 e. The van der Waals surface area contributed by atoms with Crippen molar-refractivity contribution in [3.8, 4) is 11.3 Å². The Hall–Kier alpha value is -2.80. The van der Waals surface area contributed by atoms with Gasteiger partial charge in [-0.1, -0.05) is 66.7 Å². The van der Waals surface area contributed by atoms with Crippen LogP contribution in [-0.4, -0.2) is 27.9 Å². The Morgan fingerprint density at radius 1 is 1.04 bits per heavy atom. The number of rotatable bonds is 7. The van der Waals surface area contributed by atoms with Gasteiger partial charge in [0, 0.05) is 0 Å². The Morgan fingerprint density at radius 3 is 2.37 bits per heavy atom. The van der Waals surface area contributed by atoms with Gasteiger partial charge in [-0.05, 0) is 29.4 Å². The van der Waals surface area contributed by atoms with Crippen molar-refractivity contribution in [3.05, 3.63) is 86.9 Å². The highest BCUT2D eigenvalue weighted by molar-refractivity contribution is 7.71. The molecule has 3 rings (SSSR count). The molecule has 138 valence electrons. The van der Waals surface area contributed by atoms with Gasteiger partial charge in [0.25, 0.3) is 5.56 Å². The zero-order valence-electron chi connectivity index (χ0n) is 14.7. The molecule has 0 spiro atoms. The number of aliphatic hydroxyl groups is 1. The molecule has 2 N–H and O–H groups in total. The highest BCUT2D eigenvalue weighted by Crippen LogP contribution is 2.23. The van der Waals surface area contributed by atoms with Crippen LogP contribution in [0.2, 0.25) is 0 Å². The van der Waals surface area contributed by atoms with Gasteiger partial charge < -0.3 is 9.84 Å². The first-order valence-electron chi connectivity index (χ1n) is 8.55. The number of benzene rings is 2. The summed E-state index contributed by atoms with van der Waals surface area (Å²) in [4.78, 5) is 15.4. The lowest BCUT2D eigenvalue weighted by Gasteiger charge is -2.16. The number of nitrogens with zero attached hydrogens (tertiary/aromatic N) is 1. The van der Waals surface area contributed by atoms with E-state index in [1.165, 1.54) is 0 Å². The second-order valence-corrected chi connectivity index (χ2v) is 6.21. The third kappa shape index (κ3) is 4.68. The second kappa shape index (κ2) is 9.23. The Morgan fingerprint density at radius 2 is 1.70 bits per heavy atom. The molecular formula is C21H20N2O3S. The molecule has 0 aliphatic carbocycles. The number of aromatic nitrogens is 2. The van der Waals surface area contributed by atoms with Crippen molar-refractivity contribution in [1.82, 2.24) is 9.55 Å². The van der Waals surface area contributed by atoms with Crippen LogP contribution in [0.1, 0.15) is 11.1 Å². The number of H-pyrrole nitrogens is 1. The van der Waals surface area contributed by atoms with Gasteiger partial charge >= 0.3 is 0 Å². The summed E-state index contributed by atoms with van der Waals surface area (Å²) in [7, 11) is 0. The van der Waals surface area contributed by atoms with Gasteiger partial charge in [-0.25, -0.2) is 0 Å². The van der Waals surface area contributed by atoms with Crippen molar-refractivity contribution in [3.63, 3.8) is 0 Å². The summed E-state index contributed by atoms with van der Waals surface area (Å²) in [5.74, 6) is 0. The van der Waals surface area contributed by atoms with Crippen LogP contribution >= 0.6 is 12.2 Å². The van der Waals surface area contributed by atoms with E-state index in [0.29, 0.717) is 11.3 Å². The van der Waals surface area contributed by atoms with Gasteiger partial charge in [-0.3, -0.25) is 14.3 Å². The number of ether oxygens (including phenoxy) is 1. The molecule has 0 amide bonds. The lowest BCUT2D eigenvalue weighted by molar-refractivity contribution is 0.0475. The molecule has 0 unspecified atom stereocenters. The Labute approximate surface area is 162 Å². The average Bonchev–Trinajstić information content (AvgIpc) is 2.70. The first-order valence-corrected chi connectivity index (χ1v) is 8.96. The number of aliphatic hydroxyl groups excluding tert-OH is 1. The lowest BCUT2D eigenvalue weighted by atomic mass is 10.1. The molecule has 1 aromatic heterocycles.